The lowest BCUT2D eigenvalue weighted by Crippen LogP contribution is -2.49. The fourth-order valence-electron chi connectivity index (χ4n) is 8.56. The summed E-state index contributed by atoms with van der Waals surface area (Å²) >= 11 is 0. The molecule has 1 aromatic rings. The Morgan fingerprint density at radius 3 is 2.54 bits per heavy atom. The van der Waals surface area contributed by atoms with Crippen molar-refractivity contribution in [2.24, 2.45) is 46.8 Å². The van der Waals surface area contributed by atoms with Crippen LogP contribution in [0.1, 0.15) is 87.6 Å². The monoisotopic (exact) mass is 378 g/mol. The van der Waals surface area contributed by atoms with Gasteiger partial charge in [0.15, 0.2) is 5.78 Å². The van der Waals surface area contributed by atoms with Gasteiger partial charge in [-0.25, -0.2) is 0 Å². The van der Waals surface area contributed by atoms with Crippen LogP contribution < -0.4 is 0 Å². The summed E-state index contributed by atoms with van der Waals surface area (Å²) in [5.74, 6) is 6.34. The minimum atomic E-state index is 0.245. The summed E-state index contributed by atoms with van der Waals surface area (Å²) in [6.45, 7) is 7.07. The van der Waals surface area contributed by atoms with E-state index in [1.807, 2.05) is 6.07 Å². The van der Waals surface area contributed by atoms with Crippen molar-refractivity contribution >= 4 is 5.78 Å². The van der Waals surface area contributed by atoms with Gasteiger partial charge in [0, 0.05) is 11.5 Å². The van der Waals surface area contributed by atoms with Gasteiger partial charge in [-0.2, -0.15) is 0 Å². The Labute approximate surface area is 171 Å². The van der Waals surface area contributed by atoms with Crippen molar-refractivity contribution < 1.29 is 4.79 Å². The number of hydrogen-bond donors (Lipinski definition) is 0. The van der Waals surface area contributed by atoms with Gasteiger partial charge in [0.2, 0.25) is 0 Å². The number of ketones is 1. The first-order chi connectivity index (χ1) is 13.5. The molecule has 0 N–H and O–H groups in total. The van der Waals surface area contributed by atoms with E-state index in [0.29, 0.717) is 5.78 Å². The Balaban J connectivity index is 1.38. The molecule has 0 aromatic heterocycles. The Bertz CT molecular complexity index is 750. The third kappa shape index (κ3) is 2.83. The van der Waals surface area contributed by atoms with Crippen molar-refractivity contribution in [3.63, 3.8) is 0 Å². The number of carbonyl (C=O) groups is 1. The van der Waals surface area contributed by atoms with Gasteiger partial charge in [-0.15, -0.1) is 0 Å². The molecule has 0 saturated heterocycles. The SMILES string of the molecule is Cc1ccccc1C(=O)C1CCC2C3CCC4CC(C)CCC4C3CCC12C. The summed E-state index contributed by atoms with van der Waals surface area (Å²) in [6.07, 6.45) is 12.5. The van der Waals surface area contributed by atoms with E-state index in [1.165, 1.54) is 51.4 Å². The van der Waals surface area contributed by atoms with Crippen molar-refractivity contribution in [1.82, 2.24) is 0 Å². The average Bonchev–Trinajstić information content (AvgIpc) is 3.04. The predicted molar refractivity (Wildman–Crippen MR) is 115 cm³/mol. The fraction of sp³-hybridized carbons (Fsp3) is 0.741. The lowest BCUT2D eigenvalue weighted by atomic mass is 9.49. The van der Waals surface area contributed by atoms with Gasteiger partial charge >= 0.3 is 0 Å². The van der Waals surface area contributed by atoms with E-state index in [4.69, 9.17) is 0 Å². The Morgan fingerprint density at radius 2 is 1.71 bits per heavy atom. The van der Waals surface area contributed by atoms with Crippen LogP contribution in [0.25, 0.3) is 0 Å². The van der Waals surface area contributed by atoms with E-state index in [0.717, 1.165) is 53.1 Å². The number of fused-ring (bicyclic) bond motifs is 5. The van der Waals surface area contributed by atoms with E-state index in [-0.39, 0.29) is 11.3 Å². The zero-order chi connectivity index (χ0) is 19.5. The molecule has 5 rings (SSSR count). The van der Waals surface area contributed by atoms with Crippen LogP contribution in [0, 0.1) is 53.8 Å². The molecule has 1 aromatic carbocycles. The van der Waals surface area contributed by atoms with Crippen molar-refractivity contribution in [1.29, 1.82) is 0 Å². The summed E-state index contributed by atoms with van der Waals surface area (Å²) in [6, 6.07) is 8.26. The van der Waals surface area contributed by atoms with E-state index < -0.39 is 0 Å². The number of rotatable bonds is 2. The number of benzene rings is 1. The Hall–Kier alpha value is -1.11. The topological polar surface area (TPSA) is 17.1 Å². The number of carbonyl (C=O) groups excluding carboxylic acids is 1. The van der Waals surface area contributed by atoms with Crippen LogP contribution in [-0.2, 0) is 0 Å². The van der Waals surface area contributed by atoms with Crippen LogP contribution >= 0.6 is 0 Å². The summed E-state index contributed by atoms with van der Waals surface area (Å²) in [7, 11) is 0. The molecular formula is C27H38O. The Kier molecular flexibility index (Phi) is 4.72. The van der Waals surface area contributed by atoms with Crippen molar-refractivity contribution in [3.05, 3.63) is 35.4 Å². The van der Waals surface area contributed by atoms with E-state index in [2.05, 4.69) is 39.0 Å². The highest BCUT2D eigenvalue weighted by Crippen LogP contribution is 2.64. The molecule has 0 spiro atoms. The standard InChI is InChI=1S/C27H38O/c1-17-8-10-21-19(16-17)9-11-23-22(21)14-15-27(3)24(23)12-13-25(27)26(28)20-7-5-4-6-18(20)2/h4-7,17,19,21-25H,8-16H2,1-3H3. The van der Waals surface area contributed by atoms with E-state index in [1.54, 1.807) is 0 Å². The van der Waals surface area contributed by atoms with Crippen LogP contribution in [0.3, 0.4) is 0 Å². The number of Topliss-reactive ketones (excluding diaryl/α,β-unsaturated/α-hetero) is 1. The van der Waals surface area contributed by atoms with E-state index in [9.17, 15) is 4.79 Å². The molecule has 4 aliphatic rings. The molecule has 0 heterocycles. The highest BCUT2D eigenvalue weighted by atomic mass is 16.1. The summed E-state index contributed by atoms with van der Waals surface area (Å²) in [5, 5.41) is 0. The Morgan fingerprint density at radius 1 is 0.929 bits per heavy atom. The molecule has 4 fully saturated rings. The minimum Gasteiger partial charge on any atom is -0.294 e. The van der Waals surface area contributed by atoms with Crippen molar-refractivity contribution in [2.75, 3.05) is 0 Å². The number of hydrogen-bond acceptors (Lipinski definition) is 1. The number of aryl methyl sites for hydroxylation is 1. The van der Waals surface area contributed by atoms with Crippen LogP contribution in [0.4, 0.5) is 0 Å². The molecule has 0 aliphatic heterocycles. The molecule has 0 bridgehead atoms. The summed E-state index contributed by atoms with van der Waals surface area (Å²) in [5.41, 5.74) is 2.39. The van der Waals surface area contributed by atoms with E-state index >= 15 is 0 Å². The molecule has 8 atom stereocenters. The largest absolute Gasteiger partial charge is 0.294 e. The van der Waals surface area contributed by atoms with Gasteiger partial charge in [0.1, 0.15) is 0 Å². The second-order valence-corrected chi connectivity index (χ2v) is 11.2. The zero-order valence-electron chi connectivity index (χ0n) is 18.1. The van der Waals surface area contributed by atoms with Gasteiger partial charge in [0.05, 0.1) is 0 Å². The third-order valence-electron chi connectivity index (χ3n) is 9.94. The summed E-state index contributed by atoms with van der Waals surface area (Å²) in [4.78, 5) is 13.6. The molecule has 28 heavy (non-hydrogen) atoms. The highest BCUT2D eigenvalue weighted by Gasteiger charge is 2.58. The fourth-order valence-corrected chi connectivity index (χ4v) is 8.56. The first-order valence-electron chi connectivity index (χ1n) is 12.1. The first kappa shape index (κ1) is 18.9. The minimum absolute atomic E-state index is 0.245. The smallest absolute Gasteiger partial charge is 0.166 e. The van der Waals surface area contributed by atoms with Crippen molar-refractivity contribution in [3.8, 4) is 0 Å². The van der Waals surface area contributed by atoms with Crippen LogP contribution in [0.15, 0.2) is 24.3 Å². The lowest BCUT2D eigenvalue weighted by Gasteiger charge is -2.56. The molecule has 4 aliphatic carbocycles. The molecule has 152 valence electrons. The second kappa shape index (κ2) is 6.99. The molecule has 4 saturated carbocycles. The maximum Gasteiger partial charge on any atom is 0.166 e. The molecule has 0 radical (unpaired) electrons. The van der Waals surface area contributed by atoms with Gasteiger partial charge < -0.3 is 0 Å². The lowest BCUT2D eigenvalue weighted by molar-refractivity contribution is -0.0634. The average molecular weight is 379 g/mol. The van der Waals surface area contributed by atoms with Crippen LogP contribution in [0.5, 0.6) is 0 Å². The van der Waals surface area contributed by atoms with Gasteiger partial charge in [-0.1, -0.05) is 44.5 Å². The maximum absolute atomic E-state index is 13.6. The summed E-state index contributed by atoms with van der Waals surface area (Å²) < 4.78 is 0. The predicted octanol–water partition coefficient (Wildman–Crippen LogP) is 7.08. The molecule has 1 heteroatoms. The molecular weight excluding hydrogens is 340 g/mol. The van der Waals surface area contributed by atoms with Crippen LogP contribution in [0.2, 0.25) is 0 Å². The zero-order valence-corrected chi connectivity index (χ0v) is 18.1. The highest BCUT2D eigenvalue weighted by molar-refractivity contribution is 5.99. The normalized spacial score (nSPS) is 45.0. The van der Waals surface area contributed by atoms with Crippen LogP contribution in [-0.4, -0.2) is 5.78 Å². The van der Waals surface area contributed by atoms with Gasteiger partial charge in [0.25, 0.3) is 0 Å². The maximum atomic E-state index is 13.6. The quantitative estimate of drug-likeness (QED) is 0.502. The first-order valence-corrected chi connectivity index (χ1v) is 12.1. The molecule has 0 amide bonds. The van der Waals surface area contributed by atoms with Gasteiger partial charge in [-0.05, 0) is 105 Å². The molecule has 1 nitrogen and oxygen atoms in total. The van der Waals surface area contributed by atoms with Crippen molar-refractivity contribution in [2.45, 2.75) is 78.6 Å². The molecule has 8 unspecified atom stereocenters. The third-order valence-corrected chi connectivity index (χ3v) is 9.94. The second-order valence-electron chi connectivity index (χ2n) is 11.2. The van der Waals surface area contributed by atoms with Gasteiger partial charge in [-0.3, -0.25) is 4.79 Å².